The molecule has 2 heterocycles. The Morgan fingerprint density at radius 3 is 2.79 bits per heavy atom. The second-order valence-electron chi connectivity index (χ2n) is 6.34. The van der Waals surface area contributed by atoms with Crippen molar-refractivity contribution in [3.05, 3.63) is 71.9 Å². The van der Waals surface area contributed by atoms with Crippen LogP contribution in [0.3, 0.4) is 0 Å². The van der Waals surface area contributed by atoms with E-state index in [1.807, 2.05) is 30.3 Å². The number of anilines is 3. The Bertz CT molecular complexity index is 1090. The van der Waals surface area contributed by atoms with E-state index in [2.05, 4.69) is 25.3 Å². The minimum absolute atomic E-state index is 0.262. The molecular formula is C19H19N5O3S. The highest BCUT2D eigenvalue weighted by atomic mass is 32.2. The highest BCUT2D eigenvalue weighted by Crippen LogP contribution is 2.26. The molecule has 0 saturated heterocycles. The monoisotopic (exact) mass is 397 g/mol. The summed E-state index contributed by atoms with van der Waals surface area (Å²) >= 11 is 0. The Morgan fingerprint density at radius 2 is 1.96 bits per heavy atom. The van der Waals surface area contributed by atoms with Crippen LogP contribution in [-0.4, -0.2) is 30.0 Å². The largest absolute Gasteiger partial charge is 0.387 e. The van der Waals surface area contributed by atoms with Crippen LogP contribution in [0, 0.1) is 0 Å². The fourth-order valence-corrected chi connectivity index (χ4v) is 4.19. The van der Waals surface area contributed by atoms with Gasteiger partial charge in [-0.05, 0) is 29.3 Å². The Hall–Kier alpha value is -3.01. The van der Waals surface area contributed by atoms with E-state index in [0.29, 0.717) is 30.5 Å². The number of hydrogen-bond donors (Lipinski definition) is 4. The SMILES string of the molecule is O=S1(=O)NCc2ccc(Nc3nccc(NCC(O)c4ccccc4)n3)cc21. The van der Waals surface area contributed by atoms with Gasteiger partial charge in [0.25, 0.3) is 0 Å². The van der Waals surface area contributed by atoms with Gasteiger partial charge in [0, 0.05) is 25.0 Å². The van der Waals surface area contributed by atoms with Crippen LogP contribution in [0.4, 0.5) is 17.5 Å². The first-order valence-corrected chi connectivity index (χ1v) is 10.2. The number of nitrogens with one attached hydrogen (secondary N) is 3. The van der Waals surface area contributed by atoms with Gasteiger partial charge in [0.05, 0.1) is 11.0 Å². The van der Waals surface area contributed by atoms with Crippen molar-refractivity contribution in [1.29, 1.82) is 0 Å². The van der Waals surface area contributed by atoms with E-state index in [4.69, 9.17) is 0 Å². The summed E-state index contributed by atoms with van der Waals surface area (Å²) in [6.45, 7) is 0.598. The molecule has 0 spiro atoms. The van der Waals surface area contributed by atoms with Gasteiger partial charge in [0.15, 0.2) is 0 Å². The minimum atomic E-state index is -3.44. The van der Waals surface area contributed by atoms with Crippen molar-refractivity contribution in [3.8, 4) is 0 Å². The van der Waals surface area contributed by atoms with Crippen molar-refractivity contribution >= 4 is 27.5 Å². The first kappa shape index (κ1) is 18.4. The molecule has 0 fully saturated rings. The fraction of sp³-hybridized carbons (Fsp3) is 0.158. The highest BCUT2D eigenvalue weighted by molar-refractivity contribution is 7.89. The standard InChI is InChI=1S/C19H19N5O3S/c25-16(13-4-2-1-3-5-13)12-21-18-8-9-20-19(24-18)23-15-7-6-14-11-22-28(26,27)17(14)10-15/h1-10,16,22,25H,11-12H2,(H2,20,21,23,24). The molecule has 28 heavy (non-hydrogen) atoms. The van der Waals surface area contributed by atoms with E-state index in [9.17, 15) is 13.5 Å². The van der Waals surface area contributed by atoms with Crippen molar-refractivity contribution in [3.63, 3.8) is 0 Å². The molecule has 1 aliphatic rings. The van der Waals surface area contributed by atoms with Gasteiger partial charge in [-0.3, -0.25) is 0 Å². The Kier molecular flexibility index (Phi) is 4.95. The maximum Gasteiger partial charge on any atom is 0.241 e. The number of aliphatic hydroxyl groups is 1. The molecule has 1 aliphatic heterocycles. The molecule has 1 atom stereocenters. The number of sulfonamides is 1. The predicted octanol–water partition coefficient (Wildman–Crippen LogP) is 2.16. The van der Waals surface area contributed by atoms with Crippen LogP contribution in [0.15, 0.2) is 65.7 Å². The minimum Gasteiger partial charge on any atom is -0.387 e. The molecule has 0 bridgehead atoms. The molecule has 144 valence electrons. The molecule has 0 saturated carbocycles. The number of rotatable bonds is 6. The van der Waals surface area contributed by atoms with E-state index >= 15 is 0 Å². The quantitative estimate of drug-likeness (QED) is 0.504. The molecule has 8 nitrogen and oxygen atoms in total. The molecule has 0 aliphatic carbocycles. The lowest BCUT2D eigenvalue weighted by Crippen LogP contribution is -2.14. The van der Waals surface area contributed by atoms with Gasteiger partial charge in [0.2, 0.25) is 16.0 Å². The smallest absolute Gasteiger partial charge is 0.241 e. The van der Waals surface area contributed by atoms with Crippen LogP contribution in [-0.2, 0) is 16.6 Å². The average molecular weight is 397 g/mol. The van der Waals surface area contributed by atoms with E-state index in [1.165, 1.54) is 0 Å². The summed E-state index contributed by atoms with van der Waals surface area (Å²) in [5.74, 6) is 0.866. The van der Waals surface area contributed by atoms with Gasteiger partial charge in [-0.25, -0.2) is 18.1 Å². The molecule has 0 radical (unpaired) electrons. The summed E-state index contributed by atoms with van der Waals surface area (Å²) in [5.41, 5.74) is 2.12. The lowest BCUT2D eigenvalue weighted by atomic mass is 10.1. The molecule has 4 N–H and O–H groups in total. The Labute approximate surface area is 162 Å². The van der Waals surface area contributed by atoms with Crippen LogP contribution in [0.2, 0.25) is 0 Å². The molecular weight excluding hydrogens is 378 g/mol. The normalized spacial score (nSPS) is 15.6. The average Bonchev–Trinajstić information content (AvgIpc) is 3.01. The summed E-state index contributed by atoms with van der Waals surface area (Å²) in [5, 5.41) is 16.3. The fourth-order valence-electron chi connectivity index (χ4n) is 2.92. The predicted molar refractivity (Wildman–Crippen MR) is 106 cm³/mol. The Morgan fingerprint density at radius 1 is 1.14 bits per heavy atom. The van der Waals surface area contributed by atoms with Gasteiger partial charge in [0.1, 0.15) is 5.82 Å². The van der Waals surface area contributed by atoms with Crippen molar-refractivity contribution in [2.75, 3.05) is 17.2 Å². The molecule has 9 heteroatoms. The van der Waals surface area contributed by atoms with Crippen LogP contribution < -0.4 is 15.4 Å². The molecule has 1 unspecified atom stereocenters. The van der Waals surface area contributed by atoms with Crippen LogP contribution in [0.1, 0.15) is 17.2 Å². The summed E-state index contributed by atoms with van der Waals surface area (Å²) in [4.78, 5) is 8.78. The first-order valence-electron chi connectivity index (χ1n) is 8.71. The second-order valence-corrected chi connectivity index (χ2v) is 8.08. The number of aliphatic hydroxyl groups excluding tert-OH is 1. The summed E-state index contributed by atoms with van der Waals surface area (Å²) in [6, 6.07) is 16.2. The second kappa shape index (κ2) is 7.55. The zero-order valence-corrected chi connectivity index (χ0v) is 15.6. The zero-order chi connectivity index (χ0) is 19.6. The van der Waals surface area contributed by atoms with Crippen molar-refractivity contribution in [2.45, 2.75) is 17.5 Å². The van der Waals surface area contributed by atoms with E-state index in [-0.39, 0.29) is 4.90 Å². The lowest BCUT2D eigenvalue weighted by Gasteiger charge is -2.13. The molecule has 4 rings (SSSR count). The van der Waals surface area contributed by atoms with Gasteiger partial charge >= 0.3 is 0 Å². The summed E-state index contributed by atoms with van der Waals surface area (Å²) < 4.78 is 26.4. The van der Waals surface area contributed by atoms with Gasteiger partial charge in [-0.15, -0.1) is 0 Å². The van der Waals surface area contributed by atoms with Crippen LogP contribution in [0.5, 0.6) is 0 Å². The van der Waals surface area contributed by atoms with Crippen LogP contribution in [0.25, 0.3) is 0 Å². The molecule has 0 amide bonds. The van der Waals surface area contributed by atoms with E-state index in [1.54, 1.807) is 30.5 Å². The third-order valence-corrected chi connectivity index (χ3v) is 5.87. The van der Waals surface area contributed by atoms with Gasteiger partial charge < -0.3 is 15.7 Å². The van der Waals surface area contributed by atoms with Gasteiger partial charge in [-0.2, -0.15) is 4.98 Å². The van der Waals surface area contributed by atoms with Crippen molar-refractivity contribution in [1.82, 2.24) is 14.7 Å². The number of benzene rings is 2. The highest BCUT2D eigenvalue weighted by Gasteiger charge is 2.25. The number of nitrogens with zero attached hydrogens (tertiary/aromatic N) is 2. The summed E-state index contributed by atoms with van der Waals surface area (Å²) in [7, 11) is -3.44. The third-order valence-electron chi connectivity index (χ3n) is 4.38. The van der Waals surface area contributed by atoms with Crippen molar-refractivity contribution < 1.29 is 13.5 Å². The molecule has 3 aromatic rings. The number of fused-ring (bicyclic) bond motifs is 1. The zero-order valence-electron chi connectivity index (χ0n) is 14.8. The van der Waals surface area contributed by atoms with E-state index < -0.39 is 16.1 Å². The number of aromatic nitrogens is 2. The third kappa shape index (κ3) is 3.96. The van der Waals surface area contributed by atoms with E-state index in [0.717, 1.165) is 11.1 Å². The summed E-state index contributed by atoms with van der Waals surface area (Å²) in [6.07, 6.45) is 0.917. The molecule has 1 aromatic heterocycles. The Balaban J connectivity index is 1.45. The lowest BCUT2D eigenvalue weighted by molar-refractivity contribution is 0.191. The van der Waals surface area contributed by atoms with Crippen molar-refractivity contribution in [2.24, 2.45) is 0 Å². The topological polar surface area (TPSA) is 116 Å². The first-order chi connectivity index (χ1) is 13.5. The van der Waals surface area contributed by atoms with Crippen LogP contribution >= 0.6 is 0 Å². The van der Waals surface area contributed by atoms with Gasteiger partial charge in [-0.1, -0.05) is 36.4 Å². The molecule has 2 aromatic carbocycles. The maximum absolute atomic E-state index is 12.0. The number of hydrogen-bond acceptors (Lipinski definition) is 7. The maximum atomic E-state index is 12.0.